The van der Waals surface area contributed by atoms with Crippen molar-refractivity contribution < 1.29 is 0 Å². The molecule has 118 valence electrons. The second kappa shape index (κ2) is 5.99. The van der Waals surface area contributed by atoms with Crippen LogP contribution in [0, 0.1) is 0 Å². The third-order valence-electron chi connectivity index (χ3n) is 3.65. The summed E-state index contributed by atoms with van der Waals surface area (Å²) in [4.78, 5) is 20.1. The van der Waals surface area contributed by atoms with E-state index >= 15 is 0 Å². The van der Waals surface area contributed by atoms with Gasteiger partial charge in [0.2, 0.25) is 0 Å². The van der Waals surface area contributed by atoms with E-state index in [2.05, 4.69) is 46.9 Å². The first-order valence-electron chi connectivity index (χ1n) is 7.10. The molecule has 0 aliphatic heterocycles. The van der Waals surface area contributed by atoms with Crippen LogP contribution in [0.2, 0.25) is 0 Å². The number of aromatic amines is 1. The average Bonchev–Trinajstić information content (AvgIpc) is 2.95. The summed E-state index contributed by atoms with van der Waals surface area (Å²) in [5, 5.41) is 5.12. The standard InChI is InChI=1S/C17H10Br2N4O/c18-11-3-1-10(2-4-11)8-21-23-9-20-15-13-7-12(19)5-6-14(13)22-16(15)17(23)24/h1-9,22H. The van der Waals surface area contributed by atoms with Gasteiger partial charge in [0.15, 0.2) is 0 Å². The molecule has 5 nitrogen and oxygen atoms in total. The molecule has 2 aromatic heterocycles. The molecule has 0 radical (unpaired) electrons. The fourth-order valence-corrected chi connectivity index (χ4v) is 3.10. The van der Waals surface area contributed by atoms with E-state index in [1.54, 1.807) is 6.21 Å². The van der Waals surface area contributed by atoms with E-state index < -0.39 is 0 Å². The average molecular weight is 446 g/mol. The fourth-order valence-electron chi connectivity index (χ4n) is 2.48. The van der Waals surface area contributed by atoms with Gasteiger partial charge >= 0.3 is 0 Å². The molecular formula is C17H10Br2N4O. The Morgan fingerprint density at radius 1 is 1.08 bits per heavy atom. The first-order valence-corrected chi connectivity index (χ1v) is 8.69. The highest BCUT2D eigenvalue weighted by Gasteiger charge is 2.10. The van der Waals surface area contributed by atoms with E-state index in [0.29, 0.717) is 11.0 Å². The molecule has 4 rings (SSSR count). The lowest BCUT2D eigenvalue weighted by Gasteiger charge is -1.98. The van der Waals surface area contributed by atoms with E-state index in [1.807, 2.05) is 42.5 Å². The zero-order chi connectivity index (χ0) is 16.7. The molecule has 24 heavy (non-hydrogen) atoms. The second-order valence-electron chi connectivity index (χ2n) is 5.23. The van der Waals surface area contributed by atoms with Gasteiger partial charge in [0.05, 0.1) is 6.21 Å². The normalized spacial score (nSPS) is 11.8. The van der Waals surface area contributed by atoms with Crippen molar-refractivity contribution in [1.29, 1.82) is 0 Å². The van der Waals surface area contributed by atoms with E-state index in [1.165, 1.54) is 11.0 Å². The summed E-state index contributed by atoms with van der Waals surface area (Å²) in [6.07, 6.45) is 3.06. The van der Waals surface area contributed by atoms with Gasteiger partial charge in [0, 0.05) is 19.8 Å². The molecule has 4 aromatic rings. The molecule has 7 heteroatoms. The van der Waals surface area contributed by atoms with Crippen LogP contribution in [0.4, 0.5) is 0 Å². The Hall–Kier alpha value is -2.25. The van der Waals surface area contributed by atoms with Crippen LogP contribution in [0.5, 0.6) is 0 Å². The number of rotatable bonds is 2. The number of H-pyrrole nitrogens is 1. The van der Waals surface area contributed by atoms with Gasteiger partial charge < -0.3 is 4.98 Å². The van der Waals surface area contributed by atoms with Crippen molar-refractivity contribution in [3.05, 3.63) is 73.7 Å². The Balaban J connectivity index is 1.82. The van der Waals surface area contributed by atoms with Crippen LogP contribution in [-0.4, -0.2) is 20.9 Å². The van der Waals surface area contributed by atoms with Crippen LogP contribution in [0.3, 0.4) is 0 Å². The minimum absolute atomic E-state index is 0.235. The van der Waals surface area contributed by atoms with Crippen LogP contribution >= 0.6 is 31.9 Å². The van der Waals surface area contributed by atoms with E-state index in [4.69, 9.17) is 0 Å². The summed E-state index contributed by atoms with van der Waals surface area (Å²) in [5.41, 5.74) is 2.61. The minimum atomic E-state index is -0.235. The molecule has 1 N–H and O–H groups in total. The maximum Gasteiger partial charge on any atom is 0.298 e. The maximum atomic E-state index is 12.6. The maximum absolute atomic E-state index is 12.6. The molecule has 0 saturated carbocycles. The van der Waals surface area contributed by atoms with E-state index in [0.717, 1.165) is 25.4 Å². The van der Waals surface area contributed by atoms with Gasteiger partial charge in [-0.1, -0.05) is 44.0 Å². The predicted molar refractivity (Wildman–Crippen MR) is 103 cm³/mol. The molecule has 0 aliphatic rings. The fraction of sp³-hybridized carbons (Fsp3) is 0. The molecule has 0 unspecified atom stereocenters. The van der Waals surface area contributed by atoms with Crippen molar-refractivity contribution in [3.8, 4) is 0 Å². The third kappa shape index (κ3) is 2.70. The molecule has 0 aliphatic carbocycles. The number of benzene rings is 2. The summed E-state index contributed by atoms with van der Waals surface area (Å²) < 4.78 is 3.16. The van der Waals surface area contributed by atoms with Gasteiger partial charge in [-0.2, -0.15) is 9.78 Å². The van der Waals surface area contributed by atoms with Crippen molar-refractivity contribution >= 4 is 60.0 Å². The lowest BCUT2D eigenvalue weighted by molar-refractivity contribution is 0.815. The van der Waals surface area contributed by atoms with Crippen LogP contribution in [0.15, 0.2) is 67.6 Å². The smallest absolute Gasteiger partial charge is 0.298 e. The number of nitrogens with one attached hydrogen (secondary N) is 1. The number of nitrogens with zero attached hydrogens (tertiary/aromatic N) is 3. The van der Waals surface area contributed by atoms with Gasteiger partial charge in [-0.25, -0.2) is 4.98 Å². The zero-order valence-electron chi connectivity index (χ0n) is 12.2. The van der Waals surface area contributed by atoms with Crippen molar-refractivity contribution in [2.45, 2.75) is 0 Å². The molecule has 0 bridgehead atoms. The SMILES string of the molecule is O=c1c2[nH]c3ccc(Br)cc3c2ncn1N=Cc1ccc(Br)cc1. The summed E-state index contributed by atoms with van der Waals surface area (Å²) in [7, 11) is 0. The van der Waals surface area contributed by atoms with Crippen LogP contribution in [0.25, 0.3) is 21.9 Å². The first-order chi connectivity index (χ1) is 11.6. The Morgan fingerprint density at radius 2 is 1.83 bits per heavy atom. The van der Waals surface area contributed by atoms with Gasteiger partial charge in [-0.3, -0.25) is 4.79 Å². The monoisotopic (exact) mass is 444 g/mol. The second-order valence-corrected chi connectivity index (χ2v) is 7.06. The van der Waals surface area contributed by atoms with E-state index in [-0.39, 0.29) is 5.56 Å². The van der Waals surface area contributed by atoms with Gasteiger partial charge in [0.1, 0.15) is 17.4 Å². The minimum Gasteiger partial charge on any atom is -0.349 e. The largest absolute Gasteiger partial charge is 0.349 e. The highest BCUT2D eigenvalue weighted by atomic mass is 79.9. The molecule has 2 heterocycles. The van der Waals surface area contributed by atoms with Crippen LogP contribution in [-0.2, 0) is 0 Å². The van der Waals surface area contributed by atoms with Crippen molar-refractivity contribution in [1.82, 2.24) is 14.6 Å². The van der Waals surface area contributed by atoms with Crippen molar-refractivity contribution in [3.63, 3.8) is 0 Å². The number of hydrogen-bond acceptors (Lipinski definition) is 3. The Labute approximate surface area is 153 Å². The van der Waals surface area contributed by atoms with Crippen LogP contribution < -0.4 is 5.56 Å². The van der Waals surface area contributed by atoms with Gasteiger partial charge in [-0.15, -0.1) is 0 Å². The Morgan fingerprint density at radius 3 is 2.62 bits per heavy atom. The summed E-state index contributed by atoms with van der Waals surface area (Å²) in [5.74, 6) is 0. The molecule has 0 amide bonds. The molecule has 0 fully saturated rings. The number of halogens is 2. The lowest BCUT2D eigenvalue weighted by Crippen LogP contribution is -2.17. The Kier molecular flexibility index (Phi) is 3.82. The lowest BCUT2D eigenvalue weighted by atomic mass is 10.2. The number of aromatic nitrogens is 3. The summed E-state index contributed by atoms with van der Waals surface area (Å²) in [6.45, 7) is 0. The predicted octanol–water partition coefficient (Wildman–Crippen LogP) is 4.29. The summed E-state index contributed by atoms with van der Waals surface area (Å²) >= 11 is 6.82. The Bertz CT molecular complexity index is 1140. The molecule has 0 saturated heterocycles. The van der Waals surface area contributed by atoms with Gasteiger partial charge in [-0.05, 0) is 35.9 Å². The highest BCUT2D eigenvalue weighted by molar-refractivity contribution is 9.10. The zero-order valence-corrected chi connectivity index (χ0v) is 15.4. The number of fused-ring (bicyclic) bond motifs is 3. The van der Waals surface area contributed by atoms with Crippen molar-refractivity contribution in [2.75, 3.05) is 0 Å². The molecule has 2 aromatic carbocycles. The topological polar surface area (TPSA) is 63.0 Å². The highest BCUT2D eigenvalue weighted by Crippen LogP contribution is 2.24. The molecule has 0 atom stereocenters. The molecular weight excluding hydrogens is 436 g/mol. The van der Waals surface area contributed by atoms with Crippen molar-refractivity contribution in [2.24, 2.45) is 5.10 Å². The summed E-state index contributed by atoms with van der Waals surface area (Å²) in [6, 6.07) is 13.4. The van der Waals surface area contributed by atoms with Crippen LogP contribution in [0.1, 0.15) is 5.56 Å². The first kappa shape index (κ1) is 15.3. The number of hydrogen-bond donors (Lipinski definition) is 1. The molecule has 0 spiro atoms. The third-order valence-corrected chi connectivity index (χ3v) is 4.67. The van der Waals surface area contributed by atoms with E-state index in [9.17, 15) is 4.79 Å². The van der Waals surface area contributed by atoms with Gasteiger partial charge in [0.25, 0.3) is 5.56 Å². The quantitative estimate of drug-likeness (QED) is 0.468.